The van der Waals surface area contributed by atoms with Crippen molar-refractivity contribution in [2.45, 2.75) is 25.7 Å². The van der Waals surface area contributed by atoms with Crippen molar-refractivity contribution >= 4 is 21.4 Å². The SMILES string of the molecule is CCN(c1ccncc1)S(=O)(=O)c1c(C)ccc(C)c1N. The maximum Gasteiger partial charge on any atom is 0.266 e. The zero-order valence-electron chi connectivity index (χ0n) is 12.4. The molecule has 0 spiro atoms. The fraction of sp³-hybridized carbons (Fsp3) is 0.267. The second-order valence-corrected chi connectivity index (χ2v) is 6.62. The van der Waals surface area contributed by atoms with Crippen molar-refractivity contribution in [3.05, 3.63) is 47.8 Å². The first-order valence-corrected chi connectivity index (χ1v) is 8.12. The van der Waals surface area contributed by atoms with Crippen LogP contribution in [0.4, 0.5) is 11.4 Å². The number of aromatic nitrogens is 1. The van der Waals surface area contributed by atoms with Crippen LogP contribution < -0.4 is 10.0 Å². The molecule has 0 fully saturated rings. The summed E-state index contributed by atoms with van der Waals surface area (Å²) in [5.74, 6) is 0. The van der Waals surface area contributed by atoms with Crippen molar-refractivity contribution in [3.63, 3.8) is 0 Å². The van der Waals surface area contributed by atoms with E-state index in [4.69, 9.17) is 5.73 Å². The molecule has 1 aromatic carbocycles. The van der Waals surface area contributed by atoms with Crippen LogP contribution in [0.5, 0.6) is 0 Å². The van der Waals surface area contributed by atoms with Crippen molar-refractivity contribution < 1.29 is 8.42 Å². The molecular formula is C15H19N3O2S. The van der Waals surface area contributed by atoms with Crippen molar-refractivity contribution in [1.29, 1.82) is 0 Å². The van der Waals surface area contributed by atoms with Gasteiger partial charge in [-0.2, -0.15) is 0 Å². The maximum atomic E-state index is 13.0. The predicted molar refractivity (Wildman–Crippen MR) is 84.8 cm³/mol. The summed E-state index contributed by atoms with van der Waals surface area (Å²) >= 11 is 0. The minimum absolute atomic E-state index is 0.182. The number of rotatable bonds is 4. The monoisotopic (exact) mass is 305 g/mol. The summed E-state index contributed by atoms with van der Waals surface area (Å²) in [6.07, 6.45) is 3.14. The lowest BCUT2D eigenvalue weighted by atomic mass is 10.1. The van der Waals surface area contributed by atoms with Gasteiger partial charge in [-0.25, -0.2) is 8.42 Å². The molecular weight excluding hydrogens is 286 g/mol. The molecule has 2 aromatic rings. The molecule has 112 valence electrons. The third kappa shape index (κ3) is 2.71. The van der Waals surface area contributed by atoms with Crippen LogP contribution in [0.15, 0.2) is 41.6 Å². The zero-order chi connectivity index (χ0) is 15.6. The van der Waals surface area contributed by atoms with E-state index in [1.807, 2.05) is 6.07 Å². The minimum atomic E-state index is -3.71. The highest BCUT2D eigenvalue weighted by atomic mass is 32.2. The van der Waals surface area contributed by atoms with Gasteiger partial charge in [0.15, 0.2) is 0 Å². The highest BCUT2D eigenvalue weighted by Gasteiger charge is 2.28. The first-order valence-electron chi connectivity index (χ1n) is 6.68. The van der Waals surface area contributed by atoms with Gasteiger partial charge in [0, 0.05) is 18.9 Å². The summed E-state index contributed by atoms with van der Waals surface area (Å²) in [6, 6.07) is 6.94. The largest absolute Gasteiger partial charge is 0.397 e. The molecule has 0 bridgehead atoms. The quantitative estimate of drug-likeness (QED) is 0.881. The van der Waals surface area contributed by atoms with E-state index in [-0.39, 0.29) is 4.90 Å². The second kappa shape index (κ2) is 5.73. The van der Waals surface area contributed by atoms with Gasteiger partial charge in [0.2, 0.25) is 0 Å². The van der Waals surface area contributed by atoms with Gasteiger partial charge in [0.25, 0.3) is 10.0 Å². The van der Waals surface area contributed by atoms with Crippen molar-refractivity contribution in [2.24, 2.45) is 0 Å². The Morgan fingerprint density at radius 2 is 1.67 bits per heavy atom. The average molecular weight is 305 g/mol. The smallest absolute Gasteiger partial charge is 0.266 e. The molecule has 5 nitrogen and oxygen atoms in total. The van der Waals surface area contributed by atoms with Gasteiger partial charge in [-0.3, -0.25) is 9.29 Å². The molecule has 0 saturated carbocycles. The van der Waals surface area contributed by atoms with Gasteiger partial charge in [0.05, 0.1) is 11.4 Å². The molecule has 2 N–H and O–H groups in total. The molecule has 2 rings (SSSR count). The van der Waals surface area contributed by atoms with Gasteiger partial charge in [-0.1, -0.05) is 12.1 Å². The Morgan fingerprint density at radius 3 is 2.24 bits per heavy atom. The van der Waals surface area contributed by atoms with Gasteiger partial charge in [-0.15, -0.1) is 0 Å². The summed E-state index contributed by atoms with van der Waals surface area (Å²) in [6.45, 7) is 5.66. The normalized spacial score (nSPS) is 11.4. The molecule has 0 aliphatic rings. The molecule has 0 aliphatic carbocycles. The van der Waals surface area contributed by atoms with Crippen molar-refractivity contribution in [3.8, 4) is 0 Å². The Morgan fingerprint density at radius 1 is 1.10 bits per heavy atom. The number of nitrogens with zero attached hydrogens (tertiary/aromatic N) is 2. The third-order valence-electron chi connectivity index (χ3n) is 3.40. The van der Waals surface area contributed by atoms with E-state index in [2.05, 4.69) is 4.98 Å². The molecule has 0 radical (unpaired) electrons. The maximum absolute atomic E-state index is 13.0. The van der Waals surface area contributed by atoms with Crippen molar-refractivity contribution in [2.75, 3.05) is 16.6 Å². The van der Waals surface area contributed by atoms with E-state index in [1.54, 1.807) is 51.4 Å². The highest BCUT2D eigenvalue weighted by molar-refractivity contribution is 7.93. The van der Waals surface area contributed by atoms with Crippen LogP contribution >= 0.6 is 0 Å². The fourth-order valence-electron chi connectivity index (χ4n) is 2.26. The summed E-state index contributed by atoms with van der Waals surface area (Å²) < 4.78 is 27.3. The number of hydrogen-bond acceptors (Lipinski definition) is 4. The van der Waals surface area contributed by atoms with Crippen LogP contribution in [0.1, 0.15) is 18.1 Å². The van der Waals surface area contributed by atoms with Crippen LogP contribution in [0, 0.1) is 13.8 Å². The van der Waals surface area contributed by atoms with E-state index >= 15 is 0 Å². The lowest BCUT2D eigenvalue weighted by molar-refractivity contribution is 0.591. The number of hydrogen-bond donors (Lipinski definition) is 1. The molecule has 0 amide bonds. The Kier molecular flexibility index (Phi) is 4.18. The van der Waals surface area contributed by atoms with Crippen LogP contribution in [-0.2, 0) is 10.0 Å². The average Bonchev–Trinajstić information content (AvgIpc) is 2.45. The molecule has 0 aliphatic heterocycles. The van der Waals surface area contributed by atoms with Crippen LogP contribution in [-0.4, -0.2) is 19.9 Å². The number of benzene rings is 1. The Labute approximate surface area is 125 Å². The van der Waals surface area contributed by atoms with Gasteiger partial charge in [-0.05, 0) is 44.0 Å². The van der Waals surface area contributed by atoms with E-state index in [0.29, 0.717) is 23.5 Å². The summed E-state index contributed by atoms with van der Waals surface area (Å²) in [7, 11) is -3.71. The zero-order valence-corrected chi connectivity index (χ0v) is 13.2. The van der Waals surface area contributed by atoms with E-state index < -0.39 is 10.0 Å². The second-order valence-electron chi connectivity index (χ2n) is 4.82. The lowest BCUT2D eigenvalue weighted by Gasteiger charge is -2.25. The third-order valence-corrected chi connectivity index (χ3v) is 5.50. The minimum Gasteiger partial charge on any atom is -0.397 e. The standard InChI is InChI=1S/C15H19N3O2S/c1-4-18(13-7-9-17-10-8-13)21(19,20)15-12(3)6-5-11(2)14(15)16/h5-10H,4,16H2,1-3H3. The number of pyridine rings is 1. The Bertz CT molecular complexity index is 743. The Hall–Kier alpha value is -2.08. The highest BCUT2D eigenvalue weighted by Crippen LogP contribution is 2.31. The molecule has 0 saturated heterocycles. The van der Waals surface area contributed by atoms with E-state index in [9.17, 15) is 8.42 Å². The Balaban J connectivity index is 2.64. The molecule has 21 heavy (non-hydrogen) atoms. The number of anilines is 2. The van der Waals surface area contributed by atoms with Gasteiger partial charge in [0.1, 0.15) is 4.90 Å². The van der Waals surface area contributed by atoms with Crippen molar-refractivity contribution in [1.82, 2.24) is 4.98 Å². The van der Waals surface area contributed by atoms with Crippen LogP contribution in [0.2, 0.25) is 0 Å². The van der Waals surface area contributed by atoms with Crippen LogP contribution in [0.3, 0.4) is 0 Å². The summed E-state index contributed by atoms with van der Waals surface area (Å²) in [5.41, 5.74) is 8.31. The lowest BCUT2D eigenvalue weighted by Crippen LogP contribution is -2.32. The van der Waals surface area contributed by atoms with Gasteiger partial charge < -0.3 is 5.73 Å². The fourth-order valence-corrected chi connectivity index (χ4v) is 4.13. The van der Waals surface area contributed by atoms with E-state index in [0.717, 1.165) is 5.56 Å². The van der Waals surface area contributed by atoms with Gasteiger partial charge >= 0.3 is 0 Å². The molecule has 1 aromatic heterocycles. The number of aryl methyl sites for hydroxylation is 2. The number of sulfonamides is 1. The molecule has 0 atom stereocenters. The number of nitrogen functional groups attached to an aromatic ring is 1. The number of nitrogens with two attached hydrogens (primary N) is 1. The van der Waals surface area contributed by atoms with E-state index in [1.165, 1.54) is 4.31 Å². The predicted octanol–water partition coefficient (Wildman–Crippen LogP) is 2.50. The molecule has 0 unspecified atom stereocenters. The molecule has 6 heteroatoms. The first-order chi connectivity index (χ1) is 9.89. The topological polar surface area (TPSA) is 76.3 Å². The molecule has 1 heterocycles. The summed E-state index contributed by atoms with van der Waals surface area (Å²) in [5, 5.41) is 0. The summed E-state index contributed by atoms with van der Waals surface area (Å²) in [4.78, 5) is 4.10. The van der Waals surface area contributed by atoms with Crippen LogP contribution in [0.25, 0.3) is 0 Å². The first kappa shape index (κ1) is 15.3.